The van der Waals surface area contributed by atoms with Crippen LogP contribution in [-0.2, 0) is 23.2 Å². The second kappa shape index (κ2) is 6.57. The highest BCUT2D eigenvalue weighted by atomic mass is 16.3. The van der Waals surface area contributed by atoms with Crippen molar-refractivity contribution >= 4 is 23.5 Å². The maximum absolute atomic E-state index is 12.3. The summed E-state index contributed by atoms with van der Waals surface area (Å²) in [6.45, 7) is 0.0794. The number of aromatic nitrogens is 2. The molecule has 1 saturated heterocycles. The Morgan fingerprint density at radius 2 is 2.29 bits per heavy atom. The Hall–Kier alpha value is -3.10. The average Bonchev–Trinajstić information content (AvgIpc) is 3.24. The van der Waals surface area contributed by atoms with Crippen molar-refractivity contribution in [1.29, 1.82) is 0 Å². The molecule has 1 aliphatic rings. The number of aryl methyl sites for hydroxylation is 1. The van der Waals surface area contributed by atoms with Crippen LogP contribution in [0.5, 0.6) is 0 Å². The molecule has 2 aromatic rings. The average molecular weight is 331 g/mol. The fourth-order valence-corrected chi connectivity index (χ4v) is 2.47. The molecule has 3 rings (SSSR count). The molecule has 1 atom stereocenters. The van der Waals surface area contributed by atoms with Crippen molar-refractivity contribution in [2.45, 2.75) is 25.4 Å². The lowest BCUT2D eigenvalue weighted by Gasteiger charge is -2.11. The first-order chi connectivity index (χ1) is 11.5. The van der Waals surface area contributed by atoms with Crippen molar-refractivity contribution in [2.75, 3.05) is 5.32 Å². The SMILES string of the molecule is Cn1cc(NC(=O)CC[C@H]2NC(=O)N(Cc3ccco3)C2=O)cn1. The molecule has 9 heteroatoms. The molecule has 24 heavy (non-hydrogen) atoms. The van der Waals surface area contributed by atoms with E-state index in [4.69, 9.17) is 4.42 Å². The van der Waals surface area contributed by atoms with Crippen LogP contribution in [0.3, 0.4) is 0 Å². The molecule has 0 bridgehead atoms. The normalized spacial score (nSPS) is 17.2. The lowest BCUT2D eigenvalue weighted by Crippen LogP contribution is -2.31. The Morgan fingerprint density at radius 1 is 1.46 bits per heavy atom. The Balaban J connectivity index is 1.51. The maximum atomic E-state index is 12.3. The Bertz CT molecular complexity index is 752. The van der Waals surface area contributed by atoms with Gasteiger partial charge >= 0.3 is 6.03 Å². The third-order valence-corrected chi connectivity index (χ3v) is 3.65. The minimum Gasteiger partial charge on any atom is -0.467 e. The minimum absolute atomic E-state index is 0.0794. The van der Waals surface area contributed by atoms with Gasteiger partial charge in [-0.3, -0.25) is 19.2 Å². The summed E-state index contributed by atoms with van der Waals surface area (Å²) in [4.78, 5) is 37.2. The molecule has 0 aliphatic carbocycles. The van der Waals surface area contributed by atoms with Gasteiger partial charge in [0.1, 0.15) is 11.8 Å². The van der Waals surface area contributed by atoms with Gasteiger partial charge in [-0.1, -0.05) is 0 Å². The number of carbonyl (C=O) groups is 3. The standard InChI is InChI=1S/C15H17N5O4/c1-19-8-10(7-16-19)17-13(21)5-4-12-14(22)20(15(23)18-12)9-11-3-2-6-24-11/h2-3,6-8,12H,4-5,9H2,1H3,(H,17,21)(H,18,23)/t12-/m1/s1. The van der Waals surface area contributed by atoms with Crippen LogP contribution < -0.4 is 10.6 Å². The Kier molecular flexibility index (Phi) is 4.32. The van der Waals surface area contributed by atoms with E-state index >= 15 is 0 Å². The summed E-state index contributed by atoms with van der Waals surface area (Å²) in [5, 5.41) is 9.22. The third kappa shape index (κ3) is 3.45. The first-order valence-corrected chi connectivity index (χ1v) is 7.45. The minimum atomic E-state index is -0.702. The van der Waals surface area contributed by atoms with Crippen molar-refractivity contribution in [3.8, 4) is 0 Å². The van der Waals surface area contributed by atoms with Gasteiger partial charge in [0.25, 0.3) is 5.91 Å². The van der Waals surface area contributed by atoms with Crippen LogP contribution >= 0.6 is 0 Å². The molecular weight excluding hydrogens is 314 g/mol. The van der Waals surface area contributed by atoms with Gasteiger partial charge in [-0.25, -0.2) is 4.79 Å². The summed E-state index contributed by atoms with van der Waals surface area (Å²) >= 11 is 0. The zero-order valence-corrected chi connectivity index (χ0v) is 13.1. The highest BCUT2D eigenvalue weighted by Gasteiger charge is 2.38. The predicted octanol–water partition coefficient (Wildman–Crippen LogP) is 0.852. The number of hydrogen-bond acceptors (Lipinski definition) is 5. The predicted molar refractivity (Wildman–Crippen MR) is 82.6 cm³/mol. The van der Waals surface area contributed by atoms with E-state index in [1.807, 2.05) is 0 Å². The first-order valence-electron chi connectivity index (χ1n) is 7.45. The monoisotopic (exact) mass is 331 g/mol. The molecule has 3 heterocycles. The Morgan fingerprint density at radius 3 is 2.96 bits per heavy atom. The van der Waals surface area contributed by atoms with Gasteiger partial charge in [0.2, 0.25) is 5.91 Å². The van der Waals surface area contributed by atoms with Crippen LogP contribution in [0, 0.1) is 0 Å². The number of hydrogen-bond donors (Lipinski definition) is 2. The van der Waals surface area contributed by atoms with Gasteiger partial charge in [-0.05, 0) is 18.6 Å². The number of nitrogens with zero attached hydrogens (tertiary/aromatic N) is 3. The van der Waals surface area contributed by atoms with E-state index in [1.54, 1.807) is 30.1 Å². The van der Waals surface area contributed by atoms with Gasteiger partial charge in [0.15, 0.2) is 0 Å². The Labute approximate surface area is 137 Å². The van der Waals surface area contributed by atoms with Crippen molar-refractivity contribution < 1.29 is 18.8 Å². The second-order valence-corrected chi connectivity index (χ2v) is 5.50. The molecule has 4 amide bonds. The van der Waals surface area contributed by atoms with E-state index < -0.39 is 12.1 Å². The van der Waals surface area contributed by atoms with Gasteiger partial charge in [-0.15, -0.1) is 0 Å². The van der Waals surface area contributed by atoms with E-state index in [0.29, 0.717) is 11.4 Å². The highest BCUT2D eigenvalue weighted by molar-refractivity contribution is 6.04. The van der Waals surface area contributed by atoms with Crippen molar-refractivity contribution in [3.05, 3.63) is 36.5 Å². The van der Waals surface area contributed by atoms with E-state index in [2.05, 4.69) is 15.7 Å². The van der Waals surface area contributed by atoms with Gasteiger partial charge in [0, 0.05) is 19.7 Å². The van der Waals surface area contributed by atoms with Crippen molar-refractivity contribution in [2.24, 2.45) is 7.05 Å². The fourth-order valence-electron chi connectivity index (χ4n) is 2.47. The summed E-state index contributed by atoms with van der Waals surface area (Å²) in [7, 11) is 1.75. The summed E-state index contributed by atoms with van der Waals surface area (Å²) in [5.41, 5.74) is 0.587. The van der Waals surface area contributed by atoms with Crippen molar-refractivity contribution in [3.63, 3.8) is 0 Å². The number of anilines is 1. The molecule has 0 spiro atoms. The van der Waals surface area contributed by atoms with Gasteiger partial charge in [0.05, 0.1) is 24.7 Å². The third-order valence-electron chi connectivity index (χ3n) is 3.65. The van der Waals surface area contributed by atoms with E-state index in [0.717, 1.165) is 4.90 Å². The lowest BCUT2D eigenvalue weighted by molar-refractivity contribution is -0.128. The van der Waals surface area contributed by atoms with Crippen LogP contribution in [0.25, 0.3) is 0 Å². The van der Waals surface area contributed by atoms with Crippen molar-refractivity contribution in [1.82, 2.24) is 20.0 Å². The number of imide groups is 1. The fraction of sp³-hybridized carbons (Fsp3) is 0.333. The molecule has 0 unspecified atom stereocenters. The van der Waals surface area contributed by atoms with Crippen LogP contribution in [0.15, 0.2) is 35.2 Å². The summed E-state index contributed by atoms with van der Waals surface area (Å²) < 4.78 is 6.72. The number of urea groups is 1. The van der Waals surface area contributed by atoms with Crippen LogP contribution in [-0.4, -0.2) is 38.6 Å². The smallest absolute Gasteiger partial charge is 0.325 e. The summed E-state index contributed by atoms with van der Waals surface area (Å²) in [5.74, 6) is -0.0754. The van der Waals surface area contributed by atoms with Crippen LogP contribution in [0.1, 0.15) is 18.6 Å². The number of rotatable bonds is 6. The molecule has 1 fully saturated rings. The summed E-state index contributed by atoms with van der Waals surface area (Å²) in [6, 6.07) is 2.20. The molecule has 0 saturated carbocycles. The maximum Gasteiger partial charge on any atom is 0.325 e. The van der Waals surface area contributed by atoms with E-state index in [-0.39, 0.29) is 31.2 Å². The van der Waals surface area contributed by atoms with E-state index in [9.17, 15) is 14.4 Å². The number of nitrogens with one attached hydrogen (secondary N) is 2. The molecule has 9 nitrogen and oxygen atoms in total. The zero-order chi connectivity index (χ0) is 17.1. The largest absolute Gasteiger partial charge is 0.467 e. The first kappa shape index (κ1) is 15.8. The molecule has 0 radical (unpaired) electrons. The highest BCUT2D eigenvalue weighted by Crippen LogP contribution is 2.16. The molecule has 1 aliphatic heterocycles. The quantitative estimate of drug-likeness (QED) is 0.763. The molecule has 2 aromatic heterocycles. The summed E-state index contributed by atoms with van der Waals surface area (Å²) in [6.07, 6.45) is 5.02. The lowest BCUT2D eigenvalue weighted by atomic mass is 10.1. The van der Waals surface area contributed by atoms with Gasteiger partial charge in [-0.2, -0.15) is 5.10 Å². The van der Waals surface area contributed by atoms with Crippen LogP contribution in [0.2, 0.25) is 0 Å². The topological polar surface area (TPSA) is 109 Å². The van der Waals surface area contributed by atoms with Gasteiger partial charge < -0.3 is 15.1 Å². The molecule has 126 valence electrons. The molecule has 2 N–H and O–H groups in total. The number of furan rings is 1. The number of amides is 4. The molecular formula is C15H17N5O4. The number of carbonyl (C=O) groups excluding carboxylic acids is 3. The zero-order valence-electron chi connectivity index (χ0n) is 13.1. The second-order valence-electron chi connectivity index (χ2n) is 5.50. The molecule has 0 aromatic carbocycles. The van der Waals surface area contributed by atoms with Crippen LogP contribution in [0.4, 0.5) is 10.5 Å². The van der Waals surface area contributed by atoms with E-state index in [1.165, 1.54) is 12.5 Å².